The Morgan fingerprint density at radius 3 is 0.921 bits per heavy atom. The van der Waals surface area contributed by atoms with Crippen LogP contribution in [0.5, 0.6) is 0 Å². The molecule has 1 unspecified atom stereocenters. The second-order valence-corrected chi connectivity index (χ2v) is 11.7. The van der Waals surface area contributed by atoms with Gasteiger partial charge in [-0.05, 0) is 12.8 Å². The van der Waals surface area contributed by atoms with Gasteiger partial charge in [-0.2, -0.15) is 0 Å². The maximum absolute atomic E-state index is 12.0. The molecule has 0 aromatic carbocycles. The number of ether oxygens (including phenoxy) is 2. The lowest BCUT2D eigenvalue weighted by Gasteiger charge is -2.13. The molecule has 38 heavy (non-hydrogen) atoms. The van der Waals surface area contributed by atoms with Crippen molar-refractivity contribution in [1.29, 1.82) is 0 Å². The van der Waals surface area contributed by atoms with Crippen LogP contribution in [0.1, 0.15) is 188 Å². The SMILES string of the molecule is CCCCCCCCCCCCCCCC(=O)OCC(C)COC(=O)CCCCCCCCCCCCC. The van der Waals surface area contributed by atoms with E-state index in [4.69, 9.17) is 9.47 Å². The summed E-state index contributed by atoms with van der Waals surface area (Å²) in [4.78, 5) is 24.0. The highest BCUT2D eigenvalue weighted by atomic mass is 16.5. The molecular weight excluding hydrogens is 472 g/mol. The molecule has 0 fully saturated rings. The summed E-state index contributed by atoms with van der Waals surface area (Å²) in [6.45, 7) is 7.17. The van der Waals surface area contributed by atoms with E-state index in [9.17, 15) is 9.59 Å². The van der Waals surface area contributed by atoms with Crippen LogP contribution >= 0.6 is 0 Å². The fourth-order valence-electron chi connectivity index (χ4n) is 4.88. The van der Waals surface area contributed by atoms with E-state index in [1.54, 1.807) is 0 Å². The highest BCUT2D eigenvalue weighted by Crippen LogP contribution is 2.14. The van der Waals surface area contributed by atoms with Gasteiger partial charge < -0.3 is 9.47 Å². The van der Waals surface area contributed by atoms with Gasteiger partial charge in [0.2, 0.25) is 0 Å². The molecule has 0 rings (SSSR count). The quantitative estimate of drug-likeness (QED) is 0.0674. The third-order valence-electron chi connectivity index (χ3n) is 7.53. The minimum absolute atomic E-state index is 0.0480. The number of hydrogen-bond donors (Lipinski definition) is 0. The Morgan fingerprint density at radius 2 is 0.658 bits per heavy atom. The Hall–Kier alpha value is -1.06. The highest BCUT2D eigenvalue weighted by Gasteiger charge is 2.10. The lowest BCUT2D eigenvalue weighted by molar-refractivity contribution is -0.148. The van der Waals surface area contributed by atoms with E-state index in [1.807, 2.05) is 6.92 Å². The fourth-order valence-corrected chi connectivity index (χ4v) is 4.88. The Balaban J connectivity index is 3.40. The molecule has 0 aliphatic heterocycles. The van der Waals surface area contributed by atoms with Gasteiger partial charge in [0.05, 0.1) is 13.2 Å². The molecule has 0 aromatic rings. The van der Waals surface area contributed by atoms with E-state index in [1.165, 1.54) is 128 Å². The molecule has 0 spiro atoms. The zero-order valence-corrected chi connectivity index (χ0v) is 26.0. The summed E-state index contributed by atoms with van der Waals surface area (Å²) in [5.41, 5.74) is 0. The summed E-state index contributed by atoms with van der Waals surface area (Å²) < 4.78 is 10.8. The van der Waals surface area contributed by atoms with Crippen LogP contribution in [0, 0.1) is 5.92 Å². The highest BCUT2D eigenvalue weighted by molar-refractivity contribution is 5.69. The molecule has 0 bridgehead atoms. The van der Waals surface area contributed by atoms with Gasteiger partial charge >= 0.3 is 11.9 Å². The molecule has 4 nitrogen and oxygen atoms in total. The molecule has 0 saturated carbocycles. The van der Waals surface area contributed by atoms with Crippen LogP contribution in [0.4, 0.5) is 0 Å². The molecule has 0 saturated heterocycles. The monoisotopic (exact) mass is 538 g/mol. The summed E-state index contributed by atoms with van der Waals surface area (Å²) in [7, 11) is 0. The van der Waals surface area contributed by atoms with Crippen molar-refractivity contribution >= 4 is 11.9 Å². The second-order valence-electron chi connectivity index (χ2n) is 11.7. The Labute approximate surface area is 237 Å². The van der Waals surface area contributed by atoms with Gasteiger partial charge in [-0.3, -0.25) is 9.59 Å². The van der Waals surface area contributed by atoms with Crippen molar-refractivity contribution in [3.63, 3.8) is 0 Å². The van der Waals surface area contributed by atoms with Gasteiger partial charge in [-0.25, -0.2) is 0 Å². The summed E-state index contributed by atoms with van der Waals surface area (Å²) in [5, 5.41) is 0. The van der Waals surface area contributed by atoms with Crippen molar-refractivity contribution < 1.29 is 19.1 Å². The number of unbranched alkanes of at least 4 members (excludes halogenated alkanes) is 22. The lowest BCUT2D eigenvalue weighted by atomic mass is 10.0. The number of carbonyl (C=O) groups excluding carboxylic acids is 2. The Morgan fingerprint density at radius 1 is 0.421 bits per heavy atom. The minimum atomic E-state index is -0.119. The van der Waals surface area contributed by atoms with Gasteiger partial charge in [0.25, 0.3) is 0 Å². The van der Waals surface area contributed by atoms with Gasteiger partial charge in [0, 0.05) is 18.8 Å². The molecule has 0 radical (unpaired) electrons. The molecule has 1 atom stereocenters. The van der Waals surface area contributed by atoms with Gasteiger partial charge in [0.1, 0.15) is 0 Å². The largest absolute Gasteiger partial charge is 0.465 e. The van der Waals surface area contributed by atoms with Crippen LogP contribution < -0.4 is 0 Å². The molecule has 4 heteroatoms. The molecular formula is C34H66O4. The average Bonchev–Trinajstić information content (AvgIpc) is 2.92. The summed E-state index contributed by atoms with van der Waals surface area (Å²) in [5.74, 6) is -0.190. The predicted molar refractivity (Wildman–Crippen MR) is 162 cm³/mol. The third kappa shape index (κ3) is 29.5. The van der Waals surface area contributed by atoms with Crippen LogP contribution in [0.3, 0.4) is 0 Å². The van der Waals surface area contributed by atoms with E-state index < -0.39 is 0 Å². The smallest absolute Gasteiger partial charge is 0.305 e. The normalized spacial score (nSPS) is 12.0. The summed E-state index contributed by atoms with van der Waals surface area (Å²) >= 11 is 0. The first-order valence-electron chi connectivity index (χ1n) is 16.9. The van der Waals surface area contributed by atoms with Crippen molar-refractivity contribution in [1.82, 2.24) is 0 Å². The molecule has 0 amide bonds. The van der Waals surface area contributed by atoms with Gasteiger partial charge in [-0.1, -0.05) is 162 Å². The minimum Gasteiger partial charge on any atom is -0.465 e. The number of carbonyl (C=O) groups is 2. The number of hydrogen-bond acceptors (Lipinski definition) is 4. The predicted octanol–water partition coefficient (Wildman–Crippen LogP) is 10.9. The molecule has 0 heterocycles. The fraction of sp³-hybridized carbons (Fsp3) is 0.941. The Bertz CT molecular complexity index is 505. The van der Waals surface area contributed by atoms with Gasteiger partial charge in [0.15, 0.2) is 0 Å². The van der Waals surface area contributed by atoms with Gasteiger partial charge in [-0.15, -0.1) is 0 Å². The second kappa shape index (κ2) is 30.5. The Kier molecular flexibility index (Phi) is 29.6. The lowest BCUT2D eigenvalue weighted by Crippen LogP contribution is -2.18. The molecule has 0 aliphatic carbocycles. The summed E-state index contributed by atoms with van der Waals surface area (Å²) in [6, 6.07) is 0. The number of esters is 2. The topological polar surface area (TPSA) is 52.6 Å². The van der Waals surface area contributed by atoms with E-state index >= 15 is 0 Å². The van der Waals surface area contributed by atoms with Crippen molar-refractivity contribution in [2.45, 2.75) is 188 Å². The van der Waals surface area contributed by atoms with Crippen molar-refractivity contribution in [3.05, 3.63) is 0 Å². The molecule has 0 aliphatic rings. The van der Waals surface area contributed by atoms with Crippen LogP contribution in [-0.4, -0.2) is 25.2 Å². The van der Waals surface area contributed by atoms with Crippen LogP contribution in [-0.2, 0) is 19.1 Å². The summed E-state index contributed by atoms with van der Waals surface area (Å²) in [6.07, 6.45) is 32.0. The molecule has 0 N–H and O–H groups in total. The molecule has 226 valence electrons. The zero-order chi connectivity index (χ0) is 27.9. The first-order chi connectivity index (χ1) is 18.6. The van der Waals surface area contributed by atoms with Crippen LogP contribution in [0.25, 0.3) is 0 Å². The van der Waals surface area contributed by atoms with Crippen molar-refractivity contribution in [3.8, 4) is 0 Å². The average molecular weight is 539 g/mol. The van der Waals surface area contributed by atoms with E-state index in [2.05, 4.69) is 13.8 Å². The van der Waals surface area contributed by atoms with E-state index in [0.717, 1.165) is 25.7 Å². The van der Waals surface area contributed by atoms with Crippen LogP contribution in [0.2, 0.25) is 0 Å². The maximum Gasteiger partial charge on any atom is 0.305 e. The van der Waals surface area contributed by atoms with Crippen molar-refractivity contribution in [2.75, 3.05) is 13.2 Å². The standard InChI is InChI=1S/C34H66O4/c1-4-6-8-10-12-14-16-17-19-21-23-25-27-29-34(36)38-31-32(3)30-37-33(35)28-26-24-22-20-18-15-13-11-9-7-5-2/h32H,4-31H2,1-3H3. The van der Waals surface area contributed by atoms with Crippen molar-refractivity contribution in [2.24, 2.45) is 5.92 Å². The maximum atomic E-state index is 12.0. The first kappa shape index (κ1) is 36.9. The number of rotatable bonds is 30. The van der Waals surface area contributed by atoms with E-state index in [-0.39, 0.29) is 17.9 Å². The van der Waals surface area contributed by atoms with E-state index in [0.29, 0.717) is 26.1 Å². The third-order valence-corrected chi connectivity index (χ3v) is 7.53. The van der Waals surface area contributed by atoms with Crippen LogP contribution in [0.15, 0.2) is 0 Å². The zero-order valence-electron chi connectivity index (χ0n) is 26.0. The first-order valence-corrected chi connectivity index (χ1v) is 16.9. The molecule has 0 aromatic heterocycles.